The lowest BCUT2D eigenvalue weighted by molar-refractivity contribution is 0.317. The SMILES string of the molecule is CC(C)(C)c1nc(C2CC2)no1.CC(C)(C)c1ncc(Br)cn1.CC(C)(C)c1ncc(C2CC2)cn1.CC(C)(C)c1ncc(F)cn1.CC(C)c1noc(C(C)(C)C)n1.Cc1cnc(C(C)(C)C)nc1. The van der Waals surface area contributed by atoms with Crippen LogP contribution in [0.25, 0.3) is 0 Å². The molecular weight excluding hydrogens is 948 g/mol. The fourth-order valence-corrected chi connectivity index (χ4v) is 5.56. The van der Waals surface area contributed by atoms with Crippen molar-refractivity contribution in [3.63, 3.8) is 0 Å². The van der Waals surface area contributed by atoms with Crippen LogP contribution in [-0.2, 0) is 32.5 Å². The van der Waals surface area contributed by atoms with E-state index in [1.54, 1.807) is 12.4 Å². The van der Waals surface area contributed by atoms with E-state index in [0.717, 1.165) is 51.0 Å². The number of halogens is 2. The van der Waals surface area contributed by atoms with Gasteiger partial charge < -0.3 is 9.05 Å². The number of rotatable bonds is 3. The third-order valence-electron chi connectivity index (χ3n) is 10.1. The molecule has 2 aliphatic rings. The molecule has 2 fully saturated rings. The van der Waals surface area contributed by atoms with Crippen LogP contribution in [0.1, 0.15) is 240 Å². The van der Waals surface area contributed by atoms with E-state index >= 15 is 0 Å². The highest BCUT2D eigenvalue weighted by molar-refractivity contribution is 9.10. The minimum Gasteiger partial charge on any atom is -0.339 e. The molecule has 384 valence electrons. The summed E-state index contributed by atoms with van der Waals surface area (Å²) in [5.74, 6) is 7.84. The Morgan fingerprint density at radius 3 is 1.13 bits per heavy atom. The van der Waals surface area contributed by atoms with Crippen LogP contribution in [-0.4, -0.2) is 60.2 Å². The quantitative estimate of drug-likeness (QED) is 0.163. The lowest BCUT2D eigenvalue weighted by atomic mass is 9.95. The number of hydrogen-bond donors (Lipinski definition) is 0. The van der Waals surface area contributed by atoms with E-state index in [2.05, 4.69) is 194 Å². The highest BCUT2D eigenvalue weighted by Crippen LogP contribution is 2.40. The van der Waals surface area contributed by atoms with E-state index in [-0.39, 0.29) is 32.5 Å². The Morgan fingerprint density at radius 2 is 0.814 bits per heavy atom. The Balaban J connectivity index is 0.000000222. The van der Waals surface area contributed by atoms with Crippen molar-refractivity contribution in [1.29, 1.82) is 0 Å². The molecule has 8 rings (SSSR count). The Bertz CT molecular complexity index is 2260. The predicted molar refractivity (Wildman–Crippen MR) is 279 cm³/mol. The van der Waals surface area contributed by atoms with Crippen LogP contribution in [0.3, 0.4) is 0 Å². The summed E-state index contributed by atoms with van der Waals surface area (Å²) in [6.45, 7) is 43.5. The highest BCUT2D eigenvalue weighted by Gasteiger charge is 2.31. The van der Waals surface area contributed by atoms with Gasteiger partial charge in [-0.15, -0.1) is 0 Å². The minimum absolute atomic E-state index is 0.0137. The monoisotopic (exact) mass is 1030 g/mol. The second kappa shape index (κ2) is 24.4. The van der Waals surface area contributed by atoms with Crippen molar-refractivity contribution in [2.75, 3.05) is 0 Å². The van der Waals surface area contributed by atoms with Crippen LogP contribution in [0.4, 0.5) is 4.39 Å². The molecule has 70 heavy (non-hydrogen) atoms. The van der Waals surface area contributed by atoms with Gasteiger partial charge in [0.2, 0.25) is 11.8 Å². The van der Waals surface area contributed by atoms with Gasteiger partial charge in [-0.2, -0.15) is 9.97 Å². The van der Waals surface area contributed by atoms with Crippen LogP contribution in [0, 0.1) is 12.7 Å². The average Bonchev–Trinajstić information content (AvgIpc) is 4.17. The summed E-state index contributed by atoms with van der Waals surface area (Å²) in [7, 11) is 0. The van der Waals surface area contributed by atoms with Crippen molar-refractivity contribution in [1.82, 2.24) is 60.2 Å². The van der Waals surface area contributed by atoms with Gasteiger partial charge in [0.1, 0.15) is 23.3 Å². The van der Waals surface area contributed by atoms with Crippen LogP contribution >= 0.6 is 15.9 Å². The molecule has 14 nitrogen and oxygen atoms in total. The Hall–Kier alpha value is -4.99. The van der Waals surface area contributed by atoms with Gasteiger partial charge in [-0.25, -0.2) is 44.3 Å². The number of aromatic nitrogens is 12. The predicted octanol–water partition coefficient (Wildman–Crippen LogP) is 13.9. The zero-order valence-corrected chi connectivity index (χ0v) is 47.7. The summed E-state index contributed by atoms with van der Waals surface area (Å²) in [6, 6.07) is 0. The molecule has 6 heterocycles. The maximum absolute atomic E-state index is 12.3. The van der Waals surface area contributed by atoms with Crippen molar-refractivity contribution in [2.45, 2.75) is 221 Å². The Labute approximate surface area is 426 Å². The first-order valence-corrected chi connectivity index (χ1v) is 25.1. The summed E-state index contributed by atoms with van der Waals surface area (Å²) >= 11 is 3.29. The maximum atomic E-state index is 12.3. The molecule has 0 aliphatic heterocycles. The molecule has 0 amide bonds. The van der Waals surface area contributed by atoms with Crippen molar-refractivity contribution in [2.24, 2.45) is 0 Å². The molecule has 6 aromatic rings. The van der Waals surface area contributed by atoms with E-state index in [0.29, 0.717) is 23.6 Å². The summed E-state index contributed by atoms with van der Waals surface area (Å²) in [4.78, 5) is 42.1. The van der Waals surface area contributed by atoms with E-state index in [9.17, 15) is 4.39 Å². The molecule has 0 atom stereocenters. The molecule has 2 aliphatic carbocycles. The van der Waals surface area contributed by atoms with Gasteiger partial charge in [0.15, 0.2) is 17.5 Å². The fraction of sp³-hybridized carbons (Fsp3) is 0.630. The summed E-state index contributed by atoms with van der Waals surface area (Å²) in [6.07, 6.45) is 18.7. The molecule has 2 saturated carbocycles. The van der Waals surface area contributed by atoms with Crippen LogP contribution < -0.4 is 0 Å². The van der Waals surface area contributed by atoms with Crippen molar-refractivity contribution < 1.29 is 13.4 Å². The molecule has 0 spiro atoms. The lowest BCUT2D eigenvalue weighted by Gasteiger charge is -2.15. The first kappa shape index (κ1) is 59.3. The second-order valence-corrected chi connectivity index (χ2v) is 25.4. The van der Waals surface area contributed by atoms with Crippen LogP contribution in [0.15, 0.2) is 63.1 Å². The summed E-state index contributed by atoms with van der Waals surface area (Å²) < 4.78 is 23.6. The van der Waals surface area contributed by atoms with Crippen LogP contribution in [0.2, 0.25) is 0 Å². The van der Waals surface area contributed by atoms with E-state index in [4.69, 9.17) is 9.05 Å². The first-order valence-electron chi connectivity index (χ1n) is 24.3. The summed E-state index contributed by atoms with van der Waals surface area (Å²) in [5, 5.41) is 7.85. The fourth-order valence-electron chi connectivity index (χ4n) is 5.35. The van der Waals surface area contributed by atoms with Crippen molar-refractivity contribution in [3.05, 3.63) is 118 Å². The molecule has 0 radical (unpaired) electrons. The van der Waals surface area contributed by atoms with Gasteiger partial charge in [-0.3, -0.25) is 0 Å². The normalized spacial score (nSPS) is 14.0. The van der Waals surface area contributed by atoms with Gasteiger partial charge in [0.25, 0.3) is 0 Å². The molecule has 0 N–H and O–H groups in total. The molecule has 0 bridgehead atoms. The lowest BCUT2D eigenvalue weighted by Crippen LogP contribution is -2.15. The third kappa shape index (κ3) is 21.2. The molecular formula is C54H82BrFN12O2. The van der Waals surface area contributed by atoms with E-state index in [1.165, 1.54) is 43.6 Å². The van der Waals surface area contributed by atoms with Crippen molar-refractivity contribution in [3.8, 4) is 0 Å². The third-order valence-corrected chi connectivity index (χ3v) is 10.5. The maximum Gasteiger partial charge on any atom is 0.232 e. The van der Waals surface area contributed by atoms with E-state index in [1.807, 2.05) is 52.5 Å². The number of aryl methyl sites for hydroxylation is 1. The van der Waals surface area contributed by atoms with Gasteiger partial charge >= 0.3 is 0 Å². The van der Waals surface area contributed by atoms with Gasteiger partial charge in [0.05, 0.1) is 16.9 Å². The first-order chi connectivity index (χ1) is 32.0. The smallest absolute Gasteiger partial charge is 0.232 e. The minimum atomic E-state index is -0.391. The molecule has 16 heteroatoms. The zero-order chi connectivity index (χ0) is 53.0. The van der Waals surface area contributed by atoms with Gasteiger partial charge in [-0.05, 0) is 65.6 Å². The standard InChI is InChI=1S/C11H16N2.C9H14N2O.C9H16N2O.C9H14N2.C8H11BrN2.C8H11FN2/c1-11(2,3)10-12-6-9(7-13-10)8-4-5-8;1-9(2,3)8-10-7(11-12-8)6-4-5-6;1-6(2)7-10-8(12-11-7)9(3,4)5;1-7-5-10-8(11-6-7)9(2,3)4;2*1-8(2,3)7-10-4-6(9)5-11-7/h6-8H,4-5H2,1-3H3;6H,4-5H2,1-3H3;6H,1-5H3;5-6H,1-4H3;2*4-5H,1-3H3. The van der Waals surface area contributed by atoms with E-state index < -0.39 is 5.82 Å². The number of nitrogens with zero attached hydrogens (tertiary/aromatic N) is 12. The molecule has 6 aromatic heterocycles. The Kier molecular flexibility index (Phi) is 20.7. The molecule has 0 saturated heterocycles. The summed E-state index contributed by atoms with van der Waals surface area (Å²) in [5.41, 5.74) is 2.44. The number of hydrogen-bond acceptors (Lipinski definition) is 14. The highest BCUT2D eigenvalue weighted by atomic mass is 79.9. The van der Waals surface area contributed by atoms with Crippen LogP contribution in [0.5, 0.6) is 0 Å². The van der Waals surface area contributed by atoms with Gasteiger partial charge in [0, 0.05) is 81.5 Å². The topological polar surface area (TPSA) is 181 Å². The average molecular weight is 1030 g/mol. The zero-order valence-electron chi connectivity index (χ0n) is 46.1. The Morgan fingerprint density at radius 1 is 0.471 bits per heavy atom. The van der Waals surface area contributed by atoms with Crippen molar-refractivity contribution >= 4 is 15.9 Å². The van der Waals surface area contributed by atoms with Gasteiger partial charge in [-0.1, -0.05) is 149 Å². The molecule has 0 aromatic carbocycles. The largest absolute Gasteiger partial charge is 0.339 e. The molecule has 0 unspecified atom stereocenters. The second-order valence-electron chi connectivity index (χ2n) is 24.5.